The van der Waals surface area contributed by atoms with E-state index in [0.29, 0.717) is 5.09 Å². The van der Waals surface area contributed by atoms with Crippen LogP contribution in [0.2, 0.25) is 0 Å². The molecule has 0 radical (unpaired) electrons. The van der Waals surface area contributed by atoms with Crippen LogP contribution in [0.5, 0.6) is 0 Å². The zero-order valence-corrected chi connectivity index (χ0v) is 7.90. The third kappa shape index (κ3) is 1.71. The van der Waals surface area contributed by atoms with Crippen LogP contribution < -0.4 is 0 Å². The number of rotatable bonds is 0. The number of hydrogen-bond acceptors (Lipinski definition) is 3. The Balaban J connectivity index is 2.75. The highest BCUT2D eigenvalue weighted by molar-refractivity contribution is 8.01. The quantitative estimate of drug-likeness (QED) is 0.567. The van der Waals surface area contributed by atoms with E-state index < -0.39 is 0 Å². The summed E-state index contributed by atoms with van der Waals surface area (Å²) in [5, 5.41) is 9.48. The van der Waals surface area contributed by atoms with Crippen molar-refractivity contribution in [3.05, 3.63) is 23.4 Å². The van der Waals surface area contributed by atoms with Crippen molar-refractivity contribution < 1.29 is 5.11 Å². The van der Waals surface area contributed by atoms with Crippen LogP contribution in [0.3, 0.4) is 0 Å². The molecule has 1 heterocycles. The average Bonchev–Trinajstić information content (AvgIpc) is 2.08. The fourth-order valence-corrected chi connectivity index (χ4v) is 1.77. The van der Waals surface area contributed by atoms with Gasteiger partial charge in [-0.1, -0.05) is 6.58 Å². The molecule has 0 saturated heterocycles. The van der Waals surface area contributed by atoms with Crippen molar-refractivity contribution in [1.29, 1.82) is 0 Å². The number of aliphatic hydroxyl groups excluding tert-OH is 1. The van der Waals surface area contributed by atoms with Gasteiger partial charge in [-0.25, -0.2) is 0 Å². The van der Waals surface area contributed by atoms with Gasteiger partial charge in [-0.3, -0.25) is 0 Å². The second-order valence-electron chi connectivity index (χ2n) is 3.53. The molecule has 1 aliphatic heterocycles. The van der Waals surface area contributed by atoms with E-state index in [-0.39, 0.29) is 5.54 Å². The molecular formula is C8H13NOS. The Labute approximate surface area is 71.7 Å². The summed E-state index contributed by atoms with van der Waals surface area (Å²) in [6, 6.07) is 0. The lowest BCUT2D eigenvalue weighted by atomic mass is 10.1. The minimum atomic E-state index is 0.0166. The summed E-state index contributed by atoms with van der Waals surface area (Å²) in [7, 11) is 0. The van der Waals surface area contributed by atoms with E-state index in [2.05, 4.69) is 27.4 Å². The van der Waals surface area contributed by atoms with Crippen molar-refractivity contribution in [2.24, 2.45) is 0 Å². The van der Waals surface area contributed by atoms with Crippen LogP contribution in [-0.2, 0) is 0 Å². The van der Waals surface area contributed by atoms with Crippen LogP contribution in [0.25, 0.3) is 0 Å². The summed E-state index contributed by atoms with van der Waals surface area (Å²) in [5.74, 6) is 0. The van der Waals surface area contributed by atoms with Gasteiger partial charge >= 0.3 is 0 Å². The summed E-state index contributed by atoms with van der Waals surface area (Å²) in [6.07, 6.45) is 1.68. The number of aliphatic hydroxyl groups is 1. The molecule has 1 N–H and O–H groups in total. The van der Waals surface area contributed by atoms with Gasteiger partial charge in [-0.2, -0.15) is 0 Å². The first-order valence-electron chi connectivity index (χ1n) is 3.49. The van der Waals surface area contributed by atoms with Gasteiger partial charge in [-0.05, 0) is 20.8 Å². The van der Waals surface area contributed by atoms with E-state index in [1.54, 1.807) is 6.08 Å². The van der Waals surface area contributed by atoms with Crippen LogP contribution in [-0.4, -0.2) is 15.0 Å². The minimum Gasteiger partial charge on any atom is -0.501 e. The Kier molecular flexibility index (Phi) is 1.92. The first-order chi connectivity index (χ1) is 4.91. The second-order valence-corrected chi connectivity index (χ2v) is 4.50. The van der Waals surface area contributed by atoms with E-state index in [1.165, 1.54) is 11.9 Å². The third-order valence-electron chi connectivity index (χ3n) is 1.35. The van der Waals surface area contributed by atoms with Gasteiger partial charge < -0.3 is 9.41 Å². The normalized spacial score (nSPS) is 19.0. The maximum absolute atomic E-state index is 9.15. The highest BCUT2D eigenvalue weighted by Crippen LogP contribution is 2.38. The Morgan fingerprint density at radius 2 is 2.09 bits per heavy atom. The summed E-state index contributed by atoms with van der Waals surface area (Å²) < 4.78 is 1.99. The Morgan fingerprint density at radius 1 is 1.55 bits per heavy atom. The molecule has 0 amide bonds. The van der Waals surface area contributed by atoms with Gasteiger partial charge in [0.1, 0.15) is 0 Å². The molecule has 0 aliphatic carbocycles. The molecule has 0 saturated carbocycles. The smallest absolute Gasteiger partial charge is 0.173 e. The molecule has 0 unspecified atom stereocenters. The van der Waals surface area contributed by atoms with Gasteiger partial charge in [0.15, 0.2) is 5.09 Å². The van der Waals surface area contributed by atoms with Crippen LogP contribution >= 0.6 is 11.9 Å². The molecule has 3 heteroatoms. The average molecular weight is 171 g/mol. The predicted molar refractivity (Wildman–Crippen MR) is 49.0 cm³/mol. The Hall–Kier alpha value is -0.570. The maximum atomic E-state index is 9.15. The van der Waals surface area contributed by atoms with Crippen molar-refractivity contribution in [3.8, 4) is 0 Å². The van der Waals surface area contributed by atoms with E-state index in [0.717, 1.165) is 5.70 Å². The van der Waals surface area contributed by atoms with Crippen molar-refractivity contribution in [3.63, 3.8) is 0 Å². The van der Waals surface area contributed by atoms with Gasteiger partial charge in [0.05, 0.1) is 0 Å². The minimum absolute atomic E-state index is 0.0166. The highest BCUT2D eigenvalue weighted by Gasteiger charge is 2.28. The van der Waals surface area contributed by atoms with Crippen LogP contribution in [0.15, 0.2) is 23.4 Å². The number of allylic oxidation sites excluding steroid dienone is 1. The second kappa shape index (κ2) is 2.48. The topological polar surface area (TPSA) is 23.5 Å². The van der Waals surface area contributed by atoms with Crippen LogP contribution in [0.4, 0.5) is 0 Å². The highest BCUT2D eigenvalue weighted by atomic mass is 32.2. The maximum Gasteiger partial charge on any atom is 0.173 e. The molecule has 0 bridgehead atoms. The van der Waals surface area contributed by atoms with Crippen LogP contribution in [0.1, 0.15) is 20.8 Å². The lowest BCUT2D eigenvalue weighted by molar-refractivity contribution is 0.338. The van der Waals surface area contributed by atoms with Crippen LogP contribution in [0, 0.1) is 0 Å². The number of hydrogen-bond donors (Lipinski definition) is 1. The van der Waals surface area contributed by atoms with Crippen molar-refractivity contribution in [2.75, 3.05) is 0 Å². The first kappa shape index (κ1) is 8.53. The molecule has 1 aliphatic rings. The van der Waals surface area contributed by atoms with Gasteiger partial charge in [-0.15, -0.1) is 0 Å². The molecule has 0 aromatic carbocycles. The molecule has 0 spiro atoms. The molecular weight excluding hydrogens is 158 g/mol. The molecule has 0 aromatic heterocycles. The summed E-state index contributed by atoms with van der Waals surface area (Å²) in [4.78, 5) is 0. The fraction of sp³-hybridized carbons (Fsp3) is 0.500. The number of nitrogens with zero attached hydrogens (tertiary/aromatic N) is 1. The van der Waals surface area contributed by atoms with E-state index >= 15 is 0 Å². The monoisotopic (exact) mass is 171 g/mol. The van der Waals surface area contributed by atoms with Gasteiger partial charge in [0.25, 0.3) is 0 Å². The zero-order chi connectivity index (χ0) is 8.65. The van der Waals surface area contributed by atoms with Crippen molar-refractivity contribution in [1.82, 2.24) is 4.31 Å². The summed E-state index contributed by atoms with van der Waals surface area (Å²) in [5.41, 5.74) is 0.878. The first-order valence-corrected chi connectivity index (χ1v) is 4.26. The van der Waals surface area contributed by atoms with E-state index in [4.69, 9.17) is 5.11 Å². The molecule has 0 atom stereocenters. The zero-order valence-electron chi connectivity index (χ0n) is 7.09. The lowest BCUT2D eigenvalue weighted by Gasteiger charge is -2.32. The van der Waals surface area contributed by atoms with Crippen molar-refractivity contribution >= 4 is 11.9 Å². The molecule has 1 rings (SSSR count). The molecule has 0 aromatic rings. The molecule has 62 valence electrons. The van der Waals surface area contributed by atoms with Gasteiger partial charge in [0, 0.05) is 29.3 Å². The van der Waals surface area contributed by atoms with Crippen molar-refractivity contribution in [2.45, 2.75) is 26.3 Å². The fourth-order valence-electron chi connectivity index (χ4n) is 0.947. The lowest BCUT2D eigenvalue weighted by Crippen LogP contribution is -2.32. The predicted octanol–water partition coefficient (Wildman–Crippen LogP) is 2.66. The standard InChI is InChI=1S/C8H13NOS/c1-6-5-7(10)11-9(6)8(2,3)4/h5,10H,1H2,2-4H3. The Bertz CT molecular complexity index is 215. The molecule has 0 fully saturated rings. The summed E-state index contributed by atoms with van der Waals surface area (Å²) >= 11 is 1.33. The third-order valence-corrected chi connectivity index (χ3v) is 2.61. The van der Waals surface area contributed by atoms with Gasteiger partial charge in [0.2, 0.25) is 0 Å². The largest absolute Gasteiger partial charge is 0.501 e. The summed E-state index contributed by atoms with van der Waals surface area (Å²) in [6.45, 7) is 10.1. The Morgan fingerprint density at radius 3 is 2.27 bits per heavy atom. The molecule has 2 nitrogen and oxygen atoms in total. The van der Waals surface area contributed by atoms with E-state index in [9.17, 15) is 0 Å². The molecule has 11 heavy (non-hydrogen) atoms. The van der Waals surface area contributed by atoms with E-state index in [1.807, 2.05) is 4.31 Å². The SMILES string of the molecule is C=C1C=C(O)SN1C(C)(C)C.